The van der Waals surface area contributed by atoms with Gasteiger partial charge in [0.05, 0.1) is 7.11 Å². The summed E-state index contributed by atoms with van der Waals surface area (Å²) in [5, 5.41) is 2.85. The molecule has 1 unspecified atom stereocenters. The number of anilines is 1. The molecule has 2 aromatic rings. The standard InChI is InChI=1S/C21H25NO4/c1-12-7-8-18(25-6)17(11-12)21(24)26-16(5)20(23)22-19-14(3)9-13(2)10-15(19)4/h7-11,16H,1-6H3,(H,22,23). The molecule has 2 rings (SSSR count). The van der Waals surface area contributed by atoms with Gasteiger partial charge in [0.25, 0.3) is 5.91 Å². The van der Waals surface area contributed by atoms with E-state index in [4.69, 9.17) is 9.47 Å². The molecule has 1 atom stereocenters. The topological polar surface area (TPSA) is 64.6 Å². The Morgan fingerprint density at radius 3 is 2.15 bits per heavy atom. The van der Waals surface area contributed by atoms with Gasteiger partial charge in [0.1, 0.15) is 11.3 Å². The lowest BCUT2D eigenvalue weighted by molar-refractivity contribution is -0.123. The molecule has 5 nitrogen and oxygen atoms in total. The third-order valence-corrected chi connectivity index (χ3v) is 4.15. The van der Waals surface area contributed by atoms with E-state index in [1.807, 2.05) is 45.9 Å². The lowest BCUT2D eigenvalue weighted by Crippen LogP contribution is -2.30. The van der Waals surface area contributed by atoms with Gasteiger partial charge in [-0.25, -0.2) is 4.79 Å². The molecule has 0 saturated heterocycles. The number of hydrogen-bond donors (Lipinski definition) is 1. The second-order valence-electron chi connectivity index (χ2n) is 6.51. The van der Waals surface area contributed by atoms with Crippen molar-refractivity contribution in [3.8, 4) is 5.75 Å². The third-order valence-electron chi connectivity index (χ3n) is 4.15. The minimum absolute atomic E-state index is 0.301. The van der Waals surface area contributed by atoms with Crippen molar-refractivity contribution in [2.24, 2.45) is 0 Å². The Balaban J connectivity index is 2.12. The van der Waals surface area contributed by atoms with Gasteiger partial charge in [-0.1, -0.05) is 29.3 Å². The van der Waals surface area contributed by atoms with Gasteiger partial charge >= 0.3 is 5.97 Å². The van der Waals surface area contributed by atoms with E-state index >= 15 is 0 Å². The zero-order valence-corrected chi connectivity index (χ0v) is 16.1. The van der Waals surface area contributed by atoms with Gasteiger partial charge < -0.3 is 14.8 Å². The SMILES string of the molecule is COc1ccc(C)cc1C(=O)OC(C)C(=O)Nc1c(C)cc(C)cc1C. The first kappa shape index (κ1) is 19.5. The van der Waals surface area contributed by atoms with Crippen molar-refractivity contribution in [3.63, 3.8) is 0 Å². The molecule has 0 bridgehead atoms. The highest BCUT2D eigenvalue weighted by Crippen LogP contribution is 2.23. The molecule has 138 valence electrons. The van der Waals surface area contributed by atoms with E-state index in [9.17, 15) is 9.59 Å². The molecule has 1 N–H and O–H groups in total. The van der Waals surface area contributed by atoms with Crippen molar-refractivity contribution < 1.29 is 19.1 Å². The fourth-order valence-corrected chi connectivity index (χ4v) is 2.86. The van der Waals surface area contributed by atoms with Crippen LogP contribution in [-0.4, -0.2) is 25.1 Å². The summed E-state index contributed by atoms with van der Waals surface area (Å²) in [5.74, 6) is -0.552. The van der Waals surface area contributed by atoms with Crippen LogP contribution < -0.4 is 10.1 Å². The van der Waals surface area contributed by atoms with E-state index < -0.39 is 12.1 Å². The van der Waals surface area contributed by atoms with E-state index in [2.05, 4.69) is 5.32 Å². The van der Waals surface area contributed by atoms with Crippen LogP contribution in [0.2, 0.25) is 0 Å². The Morgan fingerprint density at radius 2 is 1.58 bits per heavy atom. The van der Waals surface area contributed by atoms with Gasteiger partial charge in [-0.3, -0.25) is 4.79 Å². The fourth-order valence-electron chi connectivity index (χ4n) is 2.86. The minimum Gasteiger partial charge on any atom is -0.496 e. The maximum atomic E-state index is 12.5. The van der Waals surface area contributed by atoms with Gasteiger partial charge in [-0.05, 0) is 57.9 Å². The number of ether oxygens (including phenoxy) is 2. The number of carbonyl (C=O) groups excluding carboxylic acids is 2. The van der Waals surface area contributed by atoms with Gasteiger partial charge in [-0.15, -0.1) is 0 Å². The van der Waals surface area contributed by atoms with Crippen LogP contribution in [0.1, 0.15) is 39.5 Å². The Hall–Kier alpha value is -2.82. The number of hydrogen-bond acceptors (Lipinski definition) is 4. The average Bonchev–Trinajstić information content (AvgIpc) is 2.57. The number of methoxy groups -OCH3 is 1. The van der Waals surface area contributed by atoms with Gasteiger partial charge in [0, 0.05) is 5.69 Å². The van der Waals surface area contributed by atoms with Crippen molar-refractivity contribution in [1.29, 1.82) is 0 Å². The molecule has 0 aromatic heterocycles. The molecule has 0 aliphatic carbocycles. The molecular formula is C21H25NO4. The molecule has 0 heterocycles. The molecule has 0 radical (unpaired) electrons. The summed E-state index contributed by atoms with van der Waals surface area (Å²) >= 11 is 0. The zero-order valence-electron chi connectivity index (χ0n) is 16.1. The van der Waals surface area contributed by atoms with E-state index in [0.29, 0.717) is 11.3 Å². The molecule has 2 aromatic carbocycles. The van der Waals surface area contributed by atoms with Crippen LogP contribution in [0.3, 0.4) is 0 Å². The normalized spacial score (nSPS) is 11.6. The predicted molar refractivity (Wildman–Crippen MR) is 102 cm³/mol. The first-order valence-electron chi connectivity index (χ1n) is 8.47. The summed E-state index contributed by atoms with van der Waals surface area (Å²) in [7, 11) is 1.49. The molecule has 26 heavy (non-hydrogen) atoms. The Bertz CT molecular complexity index is 819. The molecule has 0 spiro atoms. The molecular weight excluding hydrogens is 330 g/mol. The molecule has 0 saturated carbocycles. The highest BCUT2D eigenvalue weighted by molar-refractivity contribution is 5.99. The number of benzene rings is 2. The fraction of sp³-hybridized carbons (Fsp3) is 0.333. The van der Waals surface area contributed by atoms with E-state index in [-0.39, 0.29) is 5.91 Å². The van der Waals surface area contributed by atoms with Crippen molar-refractivity contribution in [1.82, 2.24) is 0 Å². The van der Waals surface area contributed by atoms with E-state index in [0.717, 1.165) is 27.9 Å². The quantitative estimate of drug-likeness (QED) is 0.820. The molecule has 1 amide bonds. The van der Waals surface area contributed by atoms with Crippen LogP contribution in [0.4, 0.5) is 5.69 Å². The summed E-state index contributed by atoms with van der Waals surface area (Å²) in [5.41, 5.74) is 5.01. The Labute approximate surface area is 154 Å². The van der Waals surface area contributed by atoms with Gasteiger partial charge in [0.15, 0.2) is 6.10 Å². The first-order valence-corrected chi connectivity index (χ1v) is 8.47. The largest absolute Gasteiger partial charge is 0.496 e. The zero-order chi connectivity index (χ0) is 19.4. The molecule has 0 aliphatic rings. The van der Waals surface area contributed by atoms with Crippen molar-refractivity contribution >= 4 is 17.6 Å². The maximum absolute atomic E-state index is 12.5. The summed E-state index contributed by atoms with van der Waals surface area (Å²) in [6.07, 6.45) is -0.937. The third kappa shape index (κ3) is 4.42. The lowest BCUT2D eigenvalue weighted by atomic mass is 10.0. The Kier molecular flexibility index (Phi) is 6.03. The van der Waals surface area contributed by atoms with E-state index in [1.165, 1.54) is 7.11 Å². The smallest absolute Gasteiger partial charge is 0.342 e. The number of nitrogens with one attached hydrogen (secondary N) is 1. The summed E-state index contributed by atoms with van der Waals surface area (Å²) < 4.78 is 10.5. The van der Waals surface area contributed by atoms with Crippen LogP contribution in [0.5, 0.6) is 5.75 Å². The second-order valence-corrected chi connectivity index (χ2v) is 6.51. The lowest BCUT2D eigenvalue weighted by Gasteiger charge is -2.17. The predicted octanol–water partition coefficient (Wildman–Crippen LogP) is 4.11. The molecule has 0 fully saturated rings. The first-order chi connectivity index (χ1) is 12.2. The van der Waals surface area contributed by atoms with Crippen LogP contribution in [-0.2, 0) is 9.53 Å². The summed E-state index contributed by atoms with van der Waals surface area (Å²) in [6.45, 7) is 9.29. The number of carbonyl (C=O) groups is 2. The average molecular weight is 355 g/mol. The van der Waals surface area contributed by atoms with Crippen LogP contribution in [0, 0.1) is 27.7 Å². The minimum atomic E-state index is -0.937. The monoisotopic (exact) mass is 355 g/mol. The van der Waals surface area contributed by atoms with Gasteiger partial charge in [-0.2, -0.15) is 0 Å². The van der Waals surface area contributed by atoms with Crippen molar-refractivity contribution in [2.75, 3.05) is 12.4 Å². The number of esters is 1. The highest BCUT2D eigenvalue weighted by atomic mass is 16.5. The summed E-state index contributed by atoms with van der Waals surface area (Å²) in [6, 6.07) is 9.22. The second kappa shape index (κ2) is 8.04. The van der Waals surface area contributed by atoms with Crippen LogP contribution >= 0.6 is 0 Å². The van der Waals surface area contributed by atoms with Gasteiger partial charge in [0.2, 0.25) is 0 Å². The Morgan fingerprint density at radius 1 is 0.962 bits per heavy atom. The number of amides is 1. The van der Waals surface area contributed by atoms with Crippen molar-refractivity contribution in [3.05, 3.63) is 58.1 Å². The van der Waals surface area contributed by atoms with E-state index in [1.54, 1.807) is 19.1 Å². The molecule has 0 aliphatic heterocycles. The summed E-state index contributed by atoms with van der Waals surface area (Å²) in [4.78, 5) is 24.9. The number of rotatable bonds is 5. The van der Waals surface area contributed by atoms with Crippen LogP contribution in [0.15, 0.2) is 30.3 Å². The maximum Gasteiger partial charge on any atom is 0.342 e. The molecule has 5 heteroatoms. The number of aryl methyl sites for hydroxylation is 4. The highest BCUT2D eigenvalue weighted by Gasteiger charge is 2.22. The van der Waals surface area contributed by atoms with Crippen molar-refractivity contribution in [2.45, 2.75) is 40.7 Å². The van der Waals surface area contributed by atoms with Crippen LogP contribution in [0.25, 0.3) is 0 Å².